The largest absolute Gasteiger partial charge is 0.480 e. The number of carbonyl (C=O) groups is 1. The molecule has 0 aliphatic heterocycles. The number of hydrogen-bond donors (Lipinski definition) is 2. The van der Waals surface area contributed by atoms with Gasteiger partial charge in [0.2, 0.25) is 0 Å². The molecule has 1 aliphatic carbocycles. The van der Waals surface area contributed by atoms with Crippen molar-refractivity contribution in [3.8, 4) is 0 Å². The molecule has 0 fully saturated rings. The molecule has 1 unspecified atom stereocenters. The van der Waals surface area contributed by atoms with E-state index in [1.165, 1.54) is 18.5 Å². The van der Waals surface area contributed by atoms with Crippen molar-refractivity contribution in [1.82, 2.24) is 14.9 Å². The summed E-state index contributed by atoms with van der Waals surface area (Å²) in [5.74, 6) is 0.115. The molecule has 2 rings (SSSR count). The van der Waals surface area contributed by atoms with Crippen molar-refractivity contribution in [2.24, 2.45) is 0 Å². The van der Waals surface area contributed by atoms with Crippen molar-refractivity contribution in [3.63, 3.8) is 0 Å². The Kier molecular flexibility index (Phi) is 3.94. The van der Waals surface area contributed by atoms with E-state index in [0.29, 0.717) is 13.1 Å². The van der Waals surface area contributed by atoms with Gasteiger partial charge in [-0.2, -0.15) is 0 Å². The van der Waals surface area contributed by atoms with Crippen LogP contribution < -0.4 is 5.32 Å². The number of imidazole rings is 1. The first-order valence-corrected chi connectivity index (χ1v) is 7.01. The molecule has 1 aromatic heterocycles. The second kappa shape index (κ2) is 5.33. The maximum absolute atomic E-state index is 11.5. The molecule has 19 heavy (non-hydrogen) atoms. The second-order valence-electron chi connectivity index (χ2n) is 5.51. The van der Waals surface area contributed by atoms with Crippen molar-refractivity contribution < 1.29 is 9.90 Å². The summed E-state index contributed by atoms with van der Waals surface area (Å²) in [6.45, 7) is 6.71. The zero-order valence-corrected chi connectivity index (χ0v) is 12.0. The Morgan fingerprint density at radius 3 is 2.79 bits per heavy atom. The second-order valence-corrected chi connectivity index (χ2v) is 5.51. The molecule has 106 valence electrons. The molecule has 0 spiro atoms. The summed E-state index contributed by atoms with van der Waals surface area (Å²) in [5.41, 5.74) is 1.45. The predicted molar refractivity (Wildman–Crippen MR) is 73.3 cm³/mol. The number of carboxylic acid groups (broad SMARTS) is 1. The van der Waals surface area contributed by atoms with E-state index in [0.717, 1.165) is 24.4 Å². The van der Waals surface area contributed by atoms with Crippen molar-refractivity contribution in [2.75, 3.05) is 6.54 Å². The van der Waals surface area contributed by atoms with Crippen LogP contribution in [0.1, 0.15) is 43.9 Å². The van der Waals surface area contributed by atoms with Crippen LogP contribution in [-0.2, 0) is 24.2 Å². The monoisotopic (exact) mass is 265 g/mol. The number of aromatic nitrogens is 2. The number of rotatable bonds is 5. The highest BCUT2D eigenvalue weighted by Crippen LogP contribution is 2.24. The maximum Gasteiger partial charge on any atom is 0.325 e. The Morgan fingerprint density at radius 2 is 2.16 bits per heavy atom. The molecule has 0 saturated carbocycles. The Balaban J connectivity index is 2.31. The van der Waals surface area contributed by atoms with Gasteiger partial charge in [0.1, 0.15) is 11.4 Å². The fraction of sp³-hybridized carbons (Fsp3) is 0.714. The van der Waals surface area contributed by atoms with Gasteiger partial charge in [-0.1, -0.05) is 6.92 Å². The van der Waals surface area contributed by atoms with E-state index >= 15 is 0 Å². The van der Waals surface area contributed by atoms with E-state index in [9.17, 15) is 9.90 Å². The Hall–Kier alpha value is -1.36. The van der Waals surface area contributed by atoms with E-state index in [1.807, 2.05) is 13.8 Å². The molecule has 0 saturated heterocycles. The summed E-state index contributed by atoms with van der Waals surface area (Å²) in [7, 11) is 0. The summed E-state index contributed by atoms with van der Waals surface area (Å²) < 4.78 is 2.09. The maximum atomic E-state index is 11.5. The predicted octanol–water partition coefficient (Wildman–Crippen LogP) is 1.52. The summed E-state index contributed by atoms with van der Waals surface area (Å²) in [6, 6.07) is 0. The summed E-state index contributed by atoms with van der Waals surface area (Å²) in [6.07, 6.45) is 4.39. The van der Waals surface area contributed by atoms with Crippen molar-refractivity contribution in [2.45, 2.75) is 58.5 Å². The first-order chi connectivity index (χ1) is 8.98. The molecule has 1 aliphatic rings. The Morgan fingerprint density at radius 1 is 1.47 bits per heavy atom. The summed E-state index contributed by atoms with van der Waals surface area (Å²) in [4.78, 5) is 16.1. The molecule has 2 N–H and O–H groups in total. The smallest absolute Gasteiger partial charge is 0.325 e. The fourth-order valence-electron chi connectivity index (χ4n) is 2.85. The molecule has 1 atom stereocenters. The normalized spacial score (nSPS) is 17.8. The van der Waals surface area contributed by atoms with Crippen LogP contribution in [0, 0.1) is 6.92 Å². The van der Waals surface area contributed by atoms with Gasteiger partial charge in [0, 0.05) is 5.69 Å². The quantitative estimate of drug-likeness (QED) is 0.847. The van der Waals surface area contributed by atoms with Crippen molar-refractivity contribution in [1.29, 1.82) is 0 Å². The lowest BCUT2D eigenvalue weighted by Crippen LogP contribution is -2.52. The molecule has 0 amide bonds. The van der Waals surface area contributed by atoms with E-state index in [4.69, 9.17) is 0 Å². The van der Waals surface area contributed by atoms with Gasteiger partial charge >= 0.3 is 5.97 Å². The van der Waals surface area contributed by atoms with Gasteiger partial charge in [-0.3, -0.25) is 4.79 Å². The van der Waals surface area contributed by atoms with Crippen LogP contribution in [0.3, 0.4) is 0 Å². The third kappa shape index (κ3) is 2.66. The Labute approximate surface area is 114 Å². The molecule has 5 heteroatoms. The Bertz CT molecular complexity index is 481. The van der Waals surface area contributed by atoms with Crippen LogP contribution in [0.15, 0.2) is 0 Å². The van der Waals surface area contributed by atoms with E-state index < -0.39 is 11.5 Å². The third-order valence-electron chi connectivity index (χ3n) is 3.94. The lowest BCUT2D eigenvalue weighted by Gasteiger charge is -2.28. The number of likely N-dealkylation sites (N-methyl/N-ethyl adjacent to an activating group) is 1. The summed E-state index contributed by atoms with van der Waals surface area (Å²) in [5, 5.41) is 12.5. The standard InChI is InChI=1S/C14H23N3O2/c1-4-15-14(3,13(18)19)9-17-10(2)16-11-7-5-6-8-12(11)17/h15H,4-9H2,1-3H3,(H,18,19). The highest BCUT2D eigenvalue weighted by atomic mass is 16.4. The lowest BCUT2D eigenvalue weighted by atomic mass is 9.99. The average Bonchev–Trinajstić information content (AvgIpc) is 2.66. The minimum absolute atomic E-state index is 0.435. The van der Waals surface area contributed by atoms with E-state index in [1.54, 1.807) is 6.92 Å². The van der Waals surface area contributed by atoms with Gasteiger partial charge < -0.3 is 15.0 Å². The molecular weight excluding hydrogens is 242 g/mol. The van der Waals surface area contributed by atoms with E-state index in [-0.39, 0.29) is 0 Å². The van der Waals surface area contributed by atoms with Crippen molar-refractivity contribution in [3.05, 3.63) is 17.2 Å². The highest BCUT2D eigenvalue weighted by molar-refractivity contribution is 5.78. The van der Waals surface area contributed by atoms with Gasteiger partial charge in [0.05, 0.1) is 12.2 Å². The first kappa shape index (κ1) is 14.1. The number of aryl methyl sites for hydroxylation is 2. The average molecular weight is 265 g/mol. The van der Waals surface area contributed by atoms with Gasteiger partial charge in [0.25, 0.3) is 0 Å². The van der Waals surface area contributed by atoms with Gasteiger partial charge in [-0.05, 0) is 46.1 Å². The van der Waals surface area contributed by atoms with Gasteiger partial charge in [0.15, 0.2) is 0 Å². The van der Waals surface area contributed by atoms with Crippen LogP contribution >= 0.6 is 0 Å². The molecule has 1 heterocycles. The molecule has 0 bridgehead atoms. The lowest BCUT2D eigenvalue weighted by molar-refractivity contribution is -0.144. The summed E-state index contributed by atoms with van der Waals surface area (Å²) >= 11 is 0. The minimum atomic E-state index is -0.939. The van der Waals surface area contributed by atoms with Gasteiger partial charge in [-0.15, -0.1) is 0 Å². The molecule has 0 aromatic carbocycles. The number of fused-ring (bicyclic) bond motifs is 1. The SMILES string of the molecule is CCNC(C)(Cn1c(C)nc2c1CCCC2)C(=O)O. The van der Waals surface area contributed by atoms with Gasteiger partial charge in [-0.25, -0.2) is 4.98 Å². The number of aliphatic carboxylic acids is 1. The number of hydrogen-bond acceptors (Lipinski definition) is 3. The van der Waals surface area contributed by atoms with Crippen LogP contribution in [-0.4, -0.2) is 32.7 Å². The number of nitrogens with one attached hydrogen (secondary N) is 1. The fourth-order valence-corrected chi connectivity index (χ4v) is 2.85. The molecular formula is C14H23N3O2. The van der Waals surface area contributed by atoms with Crippen LogP contribution in [0.5, 0.6) is 0 Å². The number of nitrogens with zero attached hydrogens (tertiary/aromatic N) is 2. The molecule has 5 nitrogen and oxygen atoms in total. The third-order valence-corrected chi connectivity index (χ3v) is 3.94. The molecule has 0 radical (unpaired) electrons. The molecule has 1 aromatic rings. The van der Waals surface area contributed by atoms with Crippen LogP contribution in [0.2, 0.25) is 0 Å². The van der Waals surface area contributed by atoms with Crippen molar-refractivity contribution >= 4 is 5.97 Å². The first-order valence-electron chi connectivity index (χ1n) is 7.01. The zero-order valence-electron chi connectivity index (χ0n) is 12.0. The topological polar surface area (TPSA) is 67.2 Å². The van der Waals surface area contributed by atoms with E-state index in [2.05, 4.69) is 14.9 Å². The number of carboxylic acids is 1. The zero-order chi connectivity index (χ0) is 14.0. The highest BCUT2D eigenvalue weighted by Gasteiger charge is 2.34. The van der Waals surface area contributed by atoms with Crippen LogP contribution in [0.4, 0.5) is 0 Å². The van der Waals surface area contributed by atoms with Crippen LogP contribution in [0.25, 0.3) is 0 Å². The minimum Gasteiger partial charge on any atom is -0.480 e.